The van der Waals surface area contributed by atoms with Gasteiger partial charge in [0.05, 0.1) is 12.0 Å². The van der Waals surface area contributed by atoms with Gasteiger partial charge in [0, 0.05) is 12.1 Å². The molecule has 0 spiro atoms. The highest BCUT2D eigenvalue weighted by Gasteiger charge is 2.41. The van der Waals surface area contributed by atoms with E-state index in [4.69, 9.17) is 4.74 Å². The van der Waals surface area contributed by atoms with Crippen molar-refractivity contribution < 1.29 is 9.53 Å². The highest BCUT2D eigenvalue weighted by Crippen LogP contribution is 2.39. The van der Waals surface area contributed by atoms with E-state index in [2.05, 4.69) is 27.1 Å². The van der Waals surface area contributed by atoms with Crippen molar-refractivity contribution in [3.63, 3.8) is 0 Å². The van der Waals surface area contributed by atoms with Gasteiger partial charge in [-0.25, -0.2) is 9.67 Å². The summed E-state index contributed by atoms with van der Waals surface area (Å²) < 4.78 is 7.17. The maximum absolute atomic E-state index is 12.6. The third kappa shape index (κ3) is 2.42. The van der Waals surface area contributed by atoms with Gasteiger partial charge in [0.2, 0.25) is 0 Å². The minimum Gasteiger partial charge on any atom is -0.490 e. The molecule has 1 aliphatic carbocycles. The number of fused-ring (bicyclic) bond motifs is 2. The quantitative estimate of drug-likeness (QED) is 0.806. The normalized spacial score (nSPS) is 22.3. The van der Waals surface area contributed by atoms with Gasteiger partial charge >= 0.3 is 0 Å². The fourth-order valence-corrected chi connectivity index (χ4v) is 3.39. The lowest BCUT2D eigenvalue weighted by Crippen LogP contribution is -2.39. The summed E-state index contributed by atoms with van der Waals surface area (Å²) in [6, 6.07) is 7.45. The highest BCUT2D eigenvalue weighted by molar-refractivity contribution is 6.09. The highest BCUT2D eigenvalue weighted by atomic mass is 16.5. The number of carbonyl (C=O) groups is 1. The van der Waals surface area contributed by atoms with Crippen LogP contribution in [0.25, 0.3) is 0 Å². The zero-order valence-electron chi connectivity index (χ0n) is 13.1. The molecule has 2 atom stereocenters. The molecule has 0 N–H and O–H groups in total. The van der Waals surface area contributed by atoms with Crippen molar-refractivity contribution in [1.29, 1.82) is 0 Å². The van der Waals surface area contributed by atoms with Crippen LogP contribution in [-0.2, 0) is 4.79 Å². The minimum absolute atomic E-state index is 0.207. The van der Waals surface area contributed by atoms with E-state index in [1.54, 1.807) is 10.8 Å². The number of nitrogens with zero attached hydrogens (tertiary/aromatic N) is 5. The molecule has 0 saturated heterocycles. The molecule has 0 bridgehead atoms. The lowest BCUT2D eigenvalue weighted by molar-refractivity contribution is -0.122. The number of aromatic nitrogens is 4. The molecule has 122 valence electrons. The Kier molecular flexibility index (Phi) is 3.68. The zero-order valence-corrected chi connectivity index (χ0v) is 13.1. The van der Waals surface area contributed by atoms with Gasteiger partial charge in [-0.3, -0.25) is 4.79 Å². The first-order valence-corrected chi connectivity index (χ1v) is 7.99. The van der Waals surface area contributed by atoms with Crippen molar-refractivity contribution in [3.8, 4) is 5.75 Å². The first-order valence-electron chi connectivity index (χ1n) is 7.99. The van der Waals surface area contributed by atoms with Crippen LogP contribution in [0.2, 0.25) is 0 Å². The monoisotopic (exact) mass is 323 g/mol. The third-order valence-electron chi connectivity index (χ3n) is 4.45. The molecule has 0 amide bonds. The van der Waals surface area contributed by atoms with Crippen molar-refractivity contribution in [3.05, 3.63) is 42.5 Å². The zero-order chi connectivity index (χ0) is 16.5. The molecule has 2 heterocycles. The van der Waals surface area contributed by atoms with E-state index in [0.29, 0.717) is 19.0 Å². The Morgan fingerprint density at radius 1 is 1.29 bits per heavy atom. The number of aliphatic imine (C=N–C) groups is 1. The van der Waals surface area contributed by atoms with E-state index in [1.165, 1.54) is 0 Å². The van der Waals surface area contributed by atoms with Crippen molar-refractivity contribution in [1.82, 2.24) is 20.2 Å². The molecule has 2 aliphatic rings. The van der Waals surface area contributed by atoms with Crippen LogP contribution in [0.1, 0.15) is 30.9 Å². The van der Waals surface area contributed by atoms with Gasteiger partial charge in [0.15, 0.2) is 0 Å². The largest absolute Gasteiger partial charge is 0.490 e. The molecule has 1 aromatic carbocycles. The summed E-state index contributed by atoms with van der Waals surface area (Å²) in [7, 11) is 0. The van der Waals surface area contributed by atoms with Crippen LogP contribution >= 0.6 is 0 Å². The van der Waals surface area contributed by atoms with Crippen molar-refractivity contribution >= 4 is 17.4 Å². The smallest absolute Gasteiger partial charge is 0.269 e. The topological polar surface area (TPSA) is 82.3 Å². The van der Waals surface area contributed by atoms with Crippen LogP contribution < -0.4 is 4.74 Å². The van der Waals surface area contributed by atoms with Gasteiger partial charge in [-0.15, -0.1) is 0 Å². The number of Topliss-reactive ketones (excluding diaryl/α,β-unsaturated/α-hetero) is 1. The summed E-state index contributed by atoms with van der Waals surface area (Å²) in [5.74, 6) is 1.15. The van der Waals surface area contributed by atoms with Crippen LogP contribution in [0.3, 0.4) is 0 Å². The molecular weight excluding hydrogens is 306 g/mol. The Balaban J connectivity index is 1.73. The Labute approximate surface area is 139 Å². The minimum atomic E-state index is -0.283. The van der Waals surface area contributed by atoms with Gasteiger partial charge in [0.1, 0.15) is 18.1 Å². The molecule has 4 rings (SSSR count). The Hall–Kier alpha value is -2.83. The number of carbonyl (C=O) groups excluding carboxylic acids is 1. The summed E-state index contributed by atoms with van der Waals surface area (Å²) >= 11 is 0. The second-order valence-electron chi connectivity index (χ2n) is 5.94. The van der Waals surface area contributed by atoms with Gasteiger partial charge in [0.25, 0.3) is 5.95 Å². The summed E-state index contributed by atoms with van der Waals surface area (Å²) in [4.78, 5) is 17.1. The molecule has 1 saturated carbocycles. The fraction of sp³-hybridized carbons (Fsp3) is 0.353. The number of hydrogen-bond acceptors (Lipinski definition) is 6. The van der Waals surface area contributed by atoms with Crippen LogP contribution in [-0.4, -0.2) is 38.3 Å². The van der Waals surface area contributed by atoms with Crippen molar-refractivity contribution in [2.75, 3.05) is 6.61 Å². The lowest BCUT2D eigenvalue weighted by Gasteiger charge is -2.33. The van der Waals surface area contributed by atoms with Crippen LogP contribution in [0, 0.1) is 5.92 Å². The van der Waals surface area contributed by atoms with E-state index in [1.807, 2.05) is 24.3 Å². The number of ketones is 1. The first-order chi connectivity index (χ1) is 11.8. The van der Waals surface area contributed by atoms with E-state index < -0.39 is 0 Å². The Bertz CT molecular complexity index is 809. The van der Waals surface area contributed by atoms with Gasteiger partial charge in [-0.1, -0.05) is 29.9 Å². The molecule has 2 unspecified atom stereocenters. The molecule has 7 heteroatoms. The number of tetrazole rings is 1. The lowest BCUT2D eigenvalue weighted by atomic mass is 9.78. The van der Waals surface area contributed by atoms with Gasteiger partial charge in [-0.05, 0) is 41.0 Å². The van der Waals surface area contributed by atoms with E-state index >= 15 is 0 Å². The predicted molar refractivity (Wildman–Crippen MR) is 87.5 cm³/mol. The Morgan fingerprint density at radius 2 is 2.12 bits per heavy atom. The van der Waals surface area contributed by atoms with E-state index in [0.717, 1.165) is 29.9 Å². The predicted octanol–water partition coefficient (Wildman–Crippen LogP) is 2.28. The molecule has 1 aromatic heterocycles. The molecule has 7 nitrogen and oxygen atoms in total. The average molecular weight is 323 g/mol. The van der Waals surface area contributed by atoms with Gasteiger partial charge in [-0.2, -0.15) is 0 Å². The number of benzene rings is 1. The second kappa shape index (κ2) is 5.99. The maximum atomic E-state index is 12.6. The summed E-state index contributed by atoms with van der Waals surface area (Å²) in [5, 5.41) is 11.8. The number of rotatable bonds is 4. The van der Waals surface area contributed by atoms with Crippen LogP contribution in [0.4, 0.5) is 5.95 Å². The molecule has 0 radical (unpaired) electrons. The van der Waals surface area contributed by atoms with Crippen LogP contribution in [0.5, 0.6) is 5.75 Å². The maximum Gasteiger partial charge on any atom is 0.269 e. The number of ether oxygens (including phenoxy) is 1. The summed E-state index contributed by atoms with van der Waals surface area (Å²) in [6.07, 6.45) is 3.95. The summed E-state index contributed by atoms with van der Waals surface area (Å²) in [6.45, 7) is 4.09. The van der Waals surface area contributed by atoms with E-state index in [-0.39, 0.29) is 17.7 Å². The molecule has 2 aromatic rings. The summed E-state index contributed by atoms with van der Waals surface area (Å²) in [5.41, 5.74) is 1.87. The average Bonchev–Trinajstić information content (AvgIpc) is 3.07. The van der Waals surface area contributed by atoms with Crippen molar-refractivity contribution in [2.24, 2.45) is 10.9 Å². The SMILES string of the molecule is C=CCOc1ccc(C2C3C(=O)CCCC3=Nc3nnnn32)cc1. The second-order valence-corrected chi connectivity index (χ2v) is 5.94. The van der Waals surface area contributed by atoms with E-state index in [9.17, 15) is 4.79 Å². The molecule has 1 fully saturated rings. The molecule has 1 aliphatic heterocycles. The third-order valence-corrected chi connectivity index (χ3v) is 4.45. The number of hydrogen-bond donors (Lipinski definition) is 0. The van der Waals surface area contributed by atoms with Crippen molar-refractivity contribution in [2.45, 2.75) is 25.3 Å². The standard InChI is InChI=1S/C17H17N5O2/c1-2-10-24-12-8-6-11(7-9-12)16-15-13(4-3-5-14(15)23)18-17-19-20-21-22(16)17/h2,6-9,15-16H,1,3-5,10H2. The van der Waals surface area contributed by atoms with Gasteiger partial charge < -0.3 is 4.74 Å². The Morgan fingerprint density at radius 3 is 2.92 bits per heavy atom. The van der Waals surface area contributed by atoms with Crippen LogP contribution in [0.15, 0.2) is 41.9 Å². The first kappa shape index (κ1) is 14.7. The fourth-order valence-electron chi connectivity index (χ4n) is 3.39. The molecular formula is C17H17N5O2. The molecule has 24 heavy (non-hydrogen) atoms.